The first-order valence-electron chi connectivity index (χ1n) is 9.45. The molecule has 3 rings (SSSR count). The van der Waals surface area contributed by atoms with Gasteiger partial charge in [-0.15, -0.1) is 0 Å². The number of benzene rings is 2. The van der Waals surface area contributed by atoms with Crippen LogP contribution < -0.4 is 5.32 Å². The van der Waals surface area contributed by atoms with Crippen molar-refractivity contribution in [1.82, 2.24) is 9.88 Å². The third-order valence-corrected chi connectivity index (χ3v) is 4.47. The summed E-state index contributed by atoms with van der Waals surface area (Å²) in [4.78, 5) is 30.7. The second kappa shape index (κ2) is 11.1. The zero-order chi connectivity index (χ0) is 21.2. The topological polar surface area (TPSA) is 71.5 Å². The van der Waals surface area contributed by atoms with Gasteiger partial charge in [0, 0.05) is 29.6 Å². The number of rotatable bonds is 9. The maximum atomic E-state index is 12.5. The zero-order valence-corrected chi connectivity index (χ0v) is 17.1. The predicted octanol–water partition coefficient (Wildman–Crippen LogP) is 3.92. The first kappa shape index (κ1) is 21.5. The van der Waals surface area contributed by atoms with Crippen LogP contribution in [0.3, 0.4) is 0 Å². The molecule has 0 unspecified atom stereocenters. The van der Waals surface area contributed by atoms with Gasteiger partial charge in [0.05, 0.1) is 13.1 Å². The number of carbonyl (C=O) groups is 2. The molecule has 7 heteroatoms. The van der Waals surface area contributed by atoms with Crippen molar-refractivity contribution < 1.29 is 14.3 Å². The minimum atomic E-state index is -0.401. The first-order chi connectivity index (χ1) is 14.6. The number of hydrogen-bond donors (Lipinski definition) is 1. The largest absolute Gasteiger partial charge is 0.460 e. The molecule has 0 radical (unpaired) electrons. The minimum absolute atomic E-state index is 0.0181. The smallest absolute Gasteiger partial charge is 0.320 e. The van der Waals surface area contributed by atoms with Gasteiger partial charge in [-0.1, -0.05) is 48.0 Å². The van der Waals surface area contributed by atoms with E-state index in [4.69, 9.17) is 16.3 Å². The predicted molar refractivity (Wildman–Crippen MR) is 116 cm³/mol. The molecular formula is C23H22ClN3O3. The molecule has 0 aliphatic carbocycles. The van der Waals surface area contributed by atoms with E-state index in [9.17, 15) is 9.59 Å². The SMILES string of the molecule is O=C(CN(CC(=O)OCc1ccccc1)Cc1cccnc1)Nc1ccc(Cl)cc1. The number of ether oxygens (including phenoxy) is 1. The van der Waals surface area contributed by atoms with Crippen LogP contribution in [0.4, 0.5) is 5.69 Å². The number of pyridine rings is 1. The molecule has 0 aliphatic heterocycles. The van der Waals surface area contributed by atoms with Gasteiger partial charge in [0.1, 0.15) is 6.61 Å². The molecule has 0 aliphatic rings. The number of nitrogens with one attached hydrogen (secondary N) is 1. The van der Waals surface area contributed by atoms with Crippen LogP contribution in [-0.4, -0.2) is 34.8 Å². The molecule has 1 N–H and O–H groups in total. The molecule has 1 amide bonds. The maximum Gasteiger partial charge on any atom is 0.320 e. The van der Waals surface area contributed by atoms with Crippen molar-refractivity contribution in [2.45, 2.75) is 13.2 Å². The van der Waals surface area contributed by atoms with Crippen molar-refractivity contribution in [3.05, 3.63) is 95.3 Å². The molecule has 0 bridgehead atoms. The number of carbonyl (C=O) groups excluding carboxylic acids is 2. The summed E-state index contributed by atoms with van der Waals surface area (Å²) in [6, 6.07) is 20.0. The fourth-order valence-corrected chi connectivity index (χ4v) is 2.95. The van der Waals surface area contributed by atoms with Gasteiger partial charge in [-0.2, -0.15) is 0 Å². The van der Waals surface area contributed by atoms with E-state index in [-0.39, 0.29) is 25.6 Å². The molecule has 154 valence electrons. The van der Waals surface area contributed by atoms with Crippen molar-refractivity contribution >= 4 is 29.2 Å². The van der Waals surface area contributed by atoms with Crippen molar-refractivity contribution in [2.75, 3.05) is 18.4 Å². The van der Waals surface area contributed by atoms with Gasteiger partial charge < -0.3 is 10.1 Å². The highest BCUT2D eigenvalue weighted by Crippen LogP contribution is 2.13. The van der Waals surface area contributed by atoms with Crippen molar-refractivity contribution in [2.24, 2.45) is 0 Å². The van der Waals surface area contributed by atoms with Crippen LogP contribution >= 0.6 is 11.6 Å². The molecule has 1 aromatic heterocycles. The number of halogens is 1. The Morgan fingerprint density at radius 2 is 1.67 bits per heavy atom. The molecule has 30 heavy (non-hydrogen) atoms. The molecule has 1 heterocycles. The molecule has 0 spiro atoms. The van der Waals surface area contributed by atoms with Gasteiger partial charge in [0.15, 0.2) is 0 Å². The molecule has 6 nitrogen and oxygen atoms in total. The summed E-state index contributed by atoms with van der Waals surface area (Å²) in [5.74, 6) is -0.640. The van der Waals surface area contributed by atoms with Gasteiger partial charge in [0.25, 0.3) is 0 Å². The third kappa shape index (κ3) is 7.31. The van der Waals surface area contributed by atoms with E-state index in [0.29, 0.717) is 17.3 Å². The standard InChI is InChI=1S/C23H22ClN3O3/c24-20-8-10-21(11-9-20)26-22(28)15-27(14-19-7-4-12-25-13-19)16-23(29)30-17-18-5-2-1-3-6-18/h1-13H,14-17H2,(H,26,28). The fourth-order valence-electron chi connectivity index (χ4n) is 2.82. The number of esters is 1. The zero-order valence-electron chi connectivity index (χ0n) is 16.3. The lowest BCUT2D eigenvalue weighted by Gasteiger charge is -2.21. The van der Waals surface area contributed by atoms with Gasteiger partial charge in [-0.05, 0) is 41.5 Å². The van der Waals surface area contributed by atoms with Gasteiger partial charge in [-0.25, -0.2) is 0 Å². The van der Waals surface area contributed by atoms with Crippen LogP contribution in [-0.2, 0) is 27.5 Å². The monoisotopic (exact) mass is 423 g/mol. The van der Waals surface area contributed by atoms with Gasteiger partial charge >= 0.3 is 5.97 Å². The average Bonchev–Trinajstić information content (AvgIpc) is 2.75. The molecule has 0 saturated heterocycles. The number of aromatic nitrogens is 1. The Labute approximate surface area is 180 Å². The second-order valence-electron chi connectivity index (χ2n) is 6.71. The number of amides is 1. The van der Waals surface area contributed by atoms with Crippen LogP contribution in [0.25, 0.3) is 0 Å². The van der Waals surface area contributed by atoms with Crippen LogP contribution in [0, 0.1) is 0 Å². The van der Waals surface area contributed by atoms with Crippen molar-refractivity contribution in [3.8, 4) is 0 Å². The summed E-state index contributed by atoms with van der Waals surface area (Å²) in [5.41, 5.74) is 2.44. The minimum Gasteiger partial charge on any atom is -0.460 e. The number of hydrogen-bond acceptors (Lipinski definition) is 5. The van der Waals surface area contributed by atoms with E-state index in [1.54, 1.807) is 41.6 Å². The molecular weight excluding hydrogens is 402 g/mol. The quantitative estimate of drug-likeness (QED) is 0.528. The highest BCUT2D eigenvalue weighted by Gasteiger charge is 2.17. The summed E-state index contributed by atoms with van der Waals surface area (Å²) in [6.45, 7) is 0.591. The van der Waals surface area contributed by atoms with E-state index in [1.165, 1.54) is 0 Å². The third-order valence-electron chi connectivity index (χ3n) is 4.22. The first-order valence-corrected chi connectivity index (χ1v) is 9.82. The average molecular weight is 424 g/mol. The number of nitrogens with zero attached hydrogens (tertiary/aromatic N) is 2. The van der Waals surface area contributed by atoms with E-state index >= 15 is 0 Å². The lowest BCUT2D eigenvalue weighted by molar-refractivity contribution is -0.146. The van der Waals surface area contributed by atoms with Gasteiger partial charge in [-0.3, -0.25) is 19.5 Å². The summed E-state index contributed by atoms with van der Waals surface area (Å²) < 4.78 is 5.37. The van der Waals surface area contributed by atoms with Crippen molar-refractivity contribution in [3.63, 3.8) is 0 Å². The van der Waals surface area contributed by atoms with Crippen LogP contribution in [0.1, 0.15) is 11.1 Å². The fraction of sp³-hybridized carbons (Fsp3) is 0.174. The highest BCUT2D eigenvalue weighted by molar-refractivity contribution is 6.30. The highest BCUT2D eigenvalue weighted by atomic mass is 35.5. The van der Waals surface area contributed by atoms with Crippen LogP contribution in [0.15, 0.2) is 79.1 Å². The number of anilines is 1. The summed E-state index contributed by atoms with van der Waals surface area (Å²) in [5, 5.41) is 3.40. The summed E-state index contributed by atoms with van der Waals surface area (Å²) in [7, 11) is 0. The molecule has 2 aromatic carbocycles. The Kier molecular flexibility index (Phi) is 7.94. The normalized spacial score (nSPS) is 10.6. The molecule has 3 aromatic rings. The maximum absolute atomic E-state index is 12.5. The lowest BCUT2D eigenvalue weighted by atomic mass is 10.2. The second-order valence-corrected chi connectivity index (χ2v) is 7.14. The van der Waals surface area contributed by atoms with E-state index in [0.717, 1.165) is 11.1 Å². The molecule has 0 atom stereocenters. The molecule has 0 saturated carbocycles. The lowest BCUT2D eigenvalue weighted by Crippen LogP contribution is -2.37. The van der Waals surface area contributed by atoms with Gasteiger partial charge in [0.2, 0.25) is 5.91 Å². The Hall–Kier alpha value is -3.22. The summed E-state index contributed by atoms with van der Waals surface area (Å²) in [6.07, 6.45) is 3.38. The van der Waals surface area contributed by atoms with E-state index in [1.807, 2.05) is 42.5 Å². The Morgan fingerprint density at radius 1 is 0.933 bits per heavy atom. The van der Waals surface area contributed by atoms with Crippen molar-refractivity contribution in [1.29, 1.82) is 0 Å². The van der Waals surface area contributed by atoms with E-state index in [2.05, 4.69) is 10.3 Å². The Balaban J connectivity index is 1.59. The van der Waals surface area contributed by atoms with Crippen LogP contribution in [0.2, 0.25) is 5.02 Å². The Morgan fingerprint density at radius 3 is 2.37 bits per heavy atom. The van der Waals surface area contributed by atoms with Crippen LogP contribution in [0.5, 0.6) is 0 Å². The summed E-state index contributed by atoms with van der Waals surface area (Å²) >= 11 is 5.88. The molecule has 0 fully saturated rings. The Bertz CT molecular complexity index is 950. The van der Waals surface area contributed by atoms with E-state index < -0.39 is 5.97 Å².